The van der Waals surface area contributed by atoms with Crippen LogP contribution in [0.4, 0.5) is 0 Å². The second-order valence-electron chi connectivity index (χ2n) is 7.49. The molecule has 0 saturated carbocycles. The van der Waals surface area contributed by atoms with Gasteiger partial charge < -0.3 is 10.6 Å². The van der Waals surface area contributed by atoms with E-state index in [9.17, 15) is 9.59 Å². The van der Waals surface area contributed by atoms with Gasteiger partial charge in [0.2, 0.25) is 11.8 Å². The zero-order chi connectivity index (χ0) is 20.3. The molecule has 1 aliphatic heterocycles. The highest BCUT2D eigenvalue weighted by Gasteiger charge is 2.51. The molecule has 4 heteroatoms. The second-order valence-corrected chi connectivity index (χ2v) is 7.49. The van der Waals surface area contributed by atoms with E-state index in [1.54, 1.807) is 4.90 Å². The van der Waals surface area contributed by atoms with Gasteiger partial charge in [0.1, 0.15) is 11.5 Å². The molecule has 1 aliphatic rings. The molecule has 0 radical (unpaired) electrons. The molecule has 29 heavy (non-hydrogen) atoms. The molecule has 0 aliphatic carbocycles. The summed E-state index contributed by atoms with van der Waals surface area (Å²) >= 11 is 0. The smallest absolute Gasteiger partial charge is 0.240 e. The Bertz CT molecular complexity index is 948. The van der Waals surface area contributed by atoms with Crippen molar-refractivity contribution in [2.45, 2.75) is 24.3 Å². The third-order valence-electron chi connectivity index (χ3n) is 5.86. The third kappa shape index (κ3) is 3.42. The highest BCUT2D eigenvalue weighted by atomic mass is 16.2. The number of benzene rings is 3. The Hall–Kier alpha value is -3.40. The molecule has 2 amide bonds. The van der Waals surface area contributed by atoms with Crippen LogP contribution in [0.15, 0.2) is 91.0 Å². The van der Waals surface area contributed by atoms with E-state index >= 15 is 0 Å². The van der Waals surface area contributed by atoms with E-state index < -0.39 is 17.4 Å². The Balaban J connectivity index is 1.75. The number of nitrogens with two attached hydrogens (primary N) is 1. The predicted molar refractivity (Wildman–Crippen MR) is 113 cm³/mol. The van der Waals surface area contributed by atoms with E-state index in [2.05, 4.69) is 0 Å². The van der Waals surface area contributed by atoms with E-state index in [1.165, 1.54) is 0 Å². The van der Waals surface area contributed by atoms with Crippen molar-refractivity contribution in [1.29, 1.82) is 0 Å². The number of amides is 2. The van der Waals surface area contributed by atoms with Gasteiger partial charge in [0, 0.05) is 13.0 Å². The average molecular weight is 384 g/mol. The summed E-state index contributed by atoms with van der Waals surface area (Å²) < 4.78 is 0. The van der Waals surface area contributed by atoms with Gasteiger partial charge in [0.05, 0.1) is 0 Å². The maximum absolute atomic E-state index is 13.9. The third-order valence-corrected chi connectivity index (χ3v) is 5.86. The number of likely N-dealkylation sites (tertiary alicyclic amines) is 1. The molecule has 2 N–H and O–H groups in total. The van der Waals surface area contributed by atoms with Gasteiger partial charge in [0.25, 0.3) is 0 Å². The molecule has 146 valence electrons. The summed E-state index contributed by atoms with van der Waals surface area (Å²) in [4.78, 5) is 27.9. The fourth-order valence-corrected chi connectivity index (χ4v) is 4.39. The molecule has 1 unspecified atom stereocenters. The van der Waals surface area contributed by atoms with Crippen LogP contribution in [-0.4, -0.2) is 29.3 Å². The molecule has 1 atom stereocenters. The molecular formula is C25H24N2O2. The lowest BCUT2D eigenvalue weighted by atomic mass is 9.73. The molecule has 3 aromatic rings. The Kier molecular flexibility index (Phi) is 5.17. The number of hydrogen-bond donors (Lipinski definition) is 1. The van der Waals surface area contributed by atoms with Crippen LogP contribution in [0.5, 0.6) is 0 Å². The summed E-state index contributed by atoms with van der Waals surface area (Å²) in [6, 6.07) is 28.7. The highest BCUT2D eigenvalue weighted by Crippen LogP contribution is 2.42. The second kappa shape index (κ2) is 7.92. The van der Waals surface area contributed by atoms with Gasteiger partial charge in [-0.05, 0) is 23.1 Å². The average Bonchev–Trinajstić information content (AvgIpc) is 3.11. The van der Waals surface area contributed by atoms with Gasteiger partial charge in [-0.3, -0.25) is 9.59 Å². The minimum Gasteiger partial charge on any atom is -0.368 e. The quantitative estimate of drug-likeness (QED) is 0.709. The SMILES string of the molecule is NC(=O)C(Cc1ccccc1)N1CCC(c2ccccc2)(c2ccccc2)C1=O. The van der Waals surface area contributed by atoms with Gasteiger partial charge in [-0.25, -0.2) is 0 Å². The summed E-state index contributed by atoms with van der Waals surface area (Å²) in [5.74, 6) is -0.534. The van der Waals surface area contributed by atoms with Crippen molar-refractivity contribution < 1.29 is 9.59 Å². The lowest BCUT2D eigenvalue weighted by Crippen LogP contribution is -2.50. The van der Waals surface area contributed by atoms with Crippen LogP contribution in [0.2, 0.25) is 0 Å². The van der Waals surface area contributed by atoms with Crippen LogP contribution in [0, 0.1) is 0 Å². The molecule has 0 aromatic heterocycles. The maximum atomic E-state index is 13.9. The molecular weight excluding hydrogens is 360 g/mol. The first-order chi connectivity index (χ1) is 14.1. The summed E-state index contributed by atoms with van der Waals surface area (Å²) in [6.07, 6.45) is 1.03. The Morgan fingerprint density at radius 2 is 1.34 bits per heavy atom. The topological polar surface area (TPSA) is 63.4 Å². The minimum absolute atomic E-state index is 0.0605. The van der Waals surface area contributed by atoms with Crippen LogP contribution < -0.4 is 5.73 Å². The summed E-state index contributed by atoms with van der Waals surface area (Å²) in [6.45, 7) is 0.489. The van der Waals surface area contributed by atoms with Crippen LogP contribution >= 0.6 is 0 Å². The molecule has 0 spiro atoms. The van der Waals surface area contributed by atoms with Crippen molar-refractivity contribution in [2.75, 3.05) is 6.54 Å². The number of primary amides is 1. The van der Waals surface area contributed by atoms with Gasteiger partial charge in [-0.15, -0.1) is 0 Å². The van der Waals surface area contributed by atoms with Crippen LogP contribution in [-0.2, 0) is 21.4 Å². The largest absolute Gasteiger partial charge is 0.368 e. The predicted octanol–water partition coefficient (Wildman–Crippen LogP) is 3.30. The van der Waals surface area contributed by atoms with Gasteiger partial charge in [-0.1, -0.05) is 91.0 Å². The lowest BCUT2D eigenvalue weighted by molar-refractivity contribution is -0.138. The van der Waals surface area contributed by atoms with Crippen LogP contribution in [0.3, 0.4) is 0 Å². The summed E-state index contributed by atoms with van der Waals surface area (Å²) in [5, 5.41) is 0. The Morgan fingerprint density at radius 1 is 0.862 bits per heavy atom. The fraction of sp³-hybridized carbons (Fsp3) is 0.200. The summed E-state index contributed by atoms with van der Waals surface area (Å²) in [5.41, 5.74) is 7.84. The van der Waals surface area contributed by atoms with E-state index in [0.29, 0.717) is 19.4 Å². The molecule has 0 bridgehead atoms. The van der Waals surface area contributed by atoms with Crippen molar-refractivity contribution >= 4 is 11.8 Å². The zero-order valence-electron chi connectivity index (χ0n) is 16.2. The van der Waals surface area contributed by atoms with Gasteiger partial charge in [-0.2, -0.15) is 0 Å². The van der Waals surface area contributed by atoms with E-state index in [0.717, 1.165) is 16.7 Å². The van der Waals surface area contributed by atoms with Crippen molar-refractivity contribution in [3.05, 3.63) is 108 Å². The Morgan fingerprint density at radius 3 is 1.83 bits per heavy atom. The first kappa shape index (κ1) is 18.9. The first-order valence-electron chi connectivity index (χ1n) is 9.88. The van der Waals surface area contributed by atoms with Gasteiger partial charge >= 0.3 is 0 Å². The first-order valence-corrected chi connectivity index (χ1v) is 9.88. The van der Waals surface area contributed by atoms with E-state index in [-0.39, 0.29) is 5.91 Å². The van der Waals surface area contributed by atoms with Gasteiger partial charge in [0.15, 0.2) is 0 Å². The van der Waals surface area contributed by atoms with E-state index in [1.807, 2.05) is 91.0 Å². The van der Waals surface area contributed by atoms with Crippen LogP contribution in [0.25, 0.3) is 0 Å². The summed E-state index contributed by atoms with van der Waals surface area (Å²) in [7, 11) is 0. The van der Waals surface area contributed by atoms with Crippen LogP contribution in [0.1, 0.15) is 23.1 Å². The fourth-order valence-electron chi connectivity index (χ4n) is 4.39. The number of carbonyl (C=O) groups is 2. The Labute approximate surface area is 171 Å². The normalized spacial score (nSPS) is 16.6. The number of carbonyl (C=O) groups excluding carboxylic acids is 2. The molecule has 4 nitrogen and oxygen atoms in total. The zero-order valence-corrected chi connectivity index (χ0v) is 16.2. The highest BCUT2D eigenvalue weighted by molar-refractivity contribution is 5.97. The number of nitrogens with zero attached hydrogens (tertiary/aromatic N) is 1. The van der Waals surface area contributed by atoms with Crippen molar-refractivity contribution in [2.24, 2.45) is 5.73 Å². The van der Waals surface area contributed by atoms with Crippen molar-refractivity contribution in [3.8, 4) is 0 Å². The van der Waals surface area contributed by atoms with E-state index in [4.69, 9.17) is 5.73 Å². The van der Waals surface area contributed by atoms with Crippen molar-refractivity contribution in [3.63, 3.8) is 0 Å². The maximum Gasteiger partial charge on any atom is 0.240 e. The molecule has 4 rings (SSSR count). The number of rotatable bonds is 6. The number of hydrogen-bond acceptors (Lipinski definition) is 2. The van der Waals surface area contributed by atoms with Crippen molar-refractivity contribution in [1.82, 2.24) is 4.90 Å². The molecule has 1 fully saturated rings. The molecule has 1 heterocycles. The molecule has 3 aromatic carbocycles. The minimum atomic E-state index is -0.799. The molecule has 1 saturated heterocycles. The standard InChI is InChI=1S/C25H24N2O2/c26-23(28)22(18-19-10-4-1-5-11-19)27-17-16-25(24(27)29,20-12-6-2-7-13-20)21-14-8-3-9-15-21/h1-15,22H,16-18H2,(H2,26,28). The monoisotopic (exact) mass is 384 g/mol. The lowest BCUT2D eigenvalue weighted by Gasteiger charge is -2.31.